The number of aliphatic imine (C=N–C) groups is 1. The van der Waals surface area contributed by atoms with Gasteiger partial charge in [-0.2, -0.15) is 26.3 Å². The average molecular weight is 548 g/mol. The molecule has 2 aromatic carbocycles. The molecule has 39 heavy (non-hydrogen) atoms. The zero-order valence-electron chi connectivity index (χ0n) is 20.4. The number of pyridine rings is 1. The van der Waals surface area contributed by atoms with Gasteiger partial charge in [0.25, 0.3) is 0 Å². The van der Waals surface area contributed by atoms with Crippen LogP contribution in [0.3, 0.4) is 0 Å². The van der Waals surface area contributed by atoms with Crippen LogP contribution in [0.15, 0.2) is 59.7 Å². The molecular weight excluding hydrogens is 526 g/mol. The molecule has 0 unspecified atom stereocenters. The van der Waals surface area contributed by atoms with E-state index >= 15 is 0 Å². The molecule has 3 heterocycles. The van der Waals surface area contributed by atoms with Gasteiger partial charge in [-0.15, -0.1) is 0 Å². The zero-order valence-corrected chi connectivity index (χ0v) is 20.4. The average Bonchev–Trinajstić information content (AvgIpc) is 3.01. The van der Waals surface area contributed by atoms with Gasteiger partial charge >= 0.3 is 12.4 Å². The van der Waals surface area contributed by atoms with E-state index in [-0.39, 0.29) is 23.5 Å². The van der Waals surface area contributed by atoms with Gasteiger partial charge < -0.3 is 10.1 Å². The lowest BCUT2D eigenvalue weighted by Gasteiger charge is -2.30. The minimum atomic E-state index is -5.02. The Balaban J connectivity index is 1.51. The number of rotatable bonds is 6. The molecule has 1 N–H and O–H groups in total. The third-order valence-electron chi connectivity index (χ3n) is 6.33. The molecule has 12 heteroatoms. The van der Waals surface area contributed by atoms with Crippen molar-refractivity contribution in [2.45, 2.75) is 31.7 Å². The highest BCUT2D eigenvalue weighted by Gasteiger charge is 2.38. The predicted octanol–water partition coefficient (Wildman–Crippen LogP) is 6.38. The lowest BCUT2D eigenvalue weighted by molar-refractivity contribution is -0.158. The third-order valence-corrected chi connectivity index (χ3v) is 6.33. The molecule has 0 bridgehead atoms. The molecule has 2 aliphatic rings. The summed E-state index contributed by atoms with van der Waals surface area (Å²) in [5.41, 5.74) is 1.52. The summed E-state index contributed by atoms with van der Waals surface area (Å²) in [5.74, 6) is -1.64. The summed E-state index contributed by atoms with van der Waals surface area (Å²) in [6.45, 7) is 0.873. The van der Waals surface area contributed by atoms with Crippen molar-refractivity contribution in [3.63, 3.8) is 0 Å². The second-order valence-corrected chi connectivity index (χ2v) is 9.30. The molecule has 0 atom stereocenters. The second kappa shape index (κ2) is 10.3. The number of nitrogens with zero attached hydrogens (tertiary/aromatic N) is 3. The fourth-order valence-corrected chi connectivity index (χ4v) is 4.35. The van der Waals surface area contributed by atoms with Crippen molar-refractivity contribution in [1.29, 1.82) is 0 Å². The van der Waals surface area contributed by atoms with E-state index in [1.54, 1.807) is 24.4 Å². The Morgan fingerprint density at radius 3 is 2.38 bits per heavy atom. The van der Waals surface area contributed by atoms with Gasteiger partial charge in [-0.1, -0.05) is 18.2 Å². The number of hydrogen-bond donors (Lipinski definition) is 1. The molecule has 1 amide bonds. The predicted molar refractivity (Wildman–Crippen MR) is 132 cm³/mol. The summed E-state index contributed by atoms with van der Waals surface area (Å²) in [6, 6.07) is 12.3. The molecule has 1 aromatic heterocycles. The van der Waals surface area contributed by atoms with Gasteiger partial charge in [0.15, 0.2) is 6.61 Å². The smallest absolute Gasteiger partial charge is 0.422 e. The summed E-state index contributed by atoms with van der Waals surface area (Å²) in [4.78, 5) is 23.7. The Morgan fingerprint density at radius 2 is 1.69 bits per heavy atom. The standard InChI is InChI=1S/C27H22F6N4O2/c28-26(29,30)15-39-24-12-23-22(11-20(24)27(31,32)33)36-25(38)13-21(35-23)18-4-1-3-16(9-18)17-5-6-34-19(10-17)14-37-7-2-8-37/h1,3-6,9-12H,2,7-8,13-15H2,(H,36,38). The van der Waals surface area contributed by atoms with Crippen LogP contribution in [0.1, 0.15) is 29.7 Å². The molecule has 3 aromatic rings. The Morgan fingerprint density at radius 1 is 0.949 bits per heavy atom. The molecule has 0 saturated carbocycles. The molecule has 1 saturated heterocycles. The summed E-state index contributed by atoms with van der Waals surface area (Å²) < 4.78 is 83.4. The van der Waals surface area contributed by atoms with Gasteiger partial charge in [0.1, 0.15) is 5.75 Å². The number of amides is 1. The van der Waals surface area contributed by atoms with Crippen LogP contribution in [-0.4, -0.2) is 47.4 Å². The summed E-state index contributed by atoms with van der Waals surface area (Å²) >= 11 is 0. The fraction of sp³-hybridized carbons (Fsp3) is 0.296. The highest BCUT2D eigenvalue weighted by molar-refractivity contribution is 6.17. The molecule has 0 spiro atoms. The topological polar surface area (TPSA) is 66.8 Å². The zero-order chi connectivity index (χ0) is 27.8. The first-order chi connectivity index (χ1) is 18.4. The number of anilines is 1. The first-order valence-corrected chi connectivity index (χ1v) is 12.0. The molecular formula is C27H22F6N4O2. The molecule has 2 aliphatic heterocycles. The number of halogens is 6. The van der Waals surface area contributed by atoms with Crippen LogP contribution in [-0.2, 0) is 17.5 Å². The highest BCUT2D eigenvalue weighted by atomic mass is 19.4. The normalized spacial score (nSPS) is 16.1. The van der Waals surface area contributed by atoms with E-state index in [0.717, 1.165) is 48.9 Å². The van der Waals surface area contributed by atoms with Crippen LogP contribution in [0.5, 0.6) is 5.75 Å². The van der Waals surface area contributed by atoms with Crippen molar-refractivity contribution < 1.29 is 35.9 Å². The largest absolute Gasteiger partial charge is 0.483 e. The number of hydrogen-bond acceptors (Lipinski definition) is 5. The Bertz CT molecular complexity index is 1430. The minimum Gasteiger partial charge on any atom is -0.483 e. The van der Waals surface area contributed by atoms with E-state index in [0.29, 0.717) is 11.6 Å². The van der Waals surface area contributed by atoms with Gasteiger partial charge in [-0.05, 0) is 60.5 Å². The van der Waals surface area contributed by atoms with Crippen LogP contribution in [0.4, 0.5) is 37.7 Å². The Hall–Kier alpha value is -3.93. The second-order valence-electron chi connectivity index (χ2n) is 9.30. The lowest BCUT2D eigenvalue weighted by atomic mass is 9.99. The highest BCUT2D eigenvalue weighted by Crippen LogP contribution is 2.43. The molecule has 0 radical (unpaired) electrons. The maximum atomic E-state index is 13.6. The van der Waals surface area contributed by atoms with Crippen LogP contribution in [0.25, 0.3) is 11.1 Å². The van der Waals surface area contributed by atoms with E-state index in [2.05, 4.69) is 24.9 Å². The number of nitrogens with one attached hydrogen (secondary N) is 1. The SMILES string of the molecule is O=C1CC(c2cccc(-c3ccnc(CN4CCC4)c3)c2)=Nc2cc(OCC(F)(F)F)c(C(F)(F)F)cc2N1. The number of likely N-dealkylation sites (tertiary alicyclic amines) is 1. The summed E-state index contributed by atoms with van der Waals surface area (Å²) in [6.07, 6.45) is -7.25. The molecule has 204 valence electrons. The Kier molecular flexibility index (Phi) is 7.06. The number of alkyl halides is 6. The summed E-state index contributed by atoms with van der Waals surface area (Å²) in [7, 11) is 0. The number of carbonyl (C=O) groups is 1. The number of carbonyl (C=O) groups excluding carboxylic acids is 1. The van der Waals surface area contributed by atoms with Crippen LogP contribution < -0.4 is 10.1 Å². The minimum absolute atomic E-state index is 0.146. The number of ether oxygens (including phenoxy) is 1. The van der Waals surface area contributed by atoms with Gasteiger partial charge in [0, 0.05) is 18.8 Å². The van der Waals surface area contributed by atoms with Crippen LogP contribution in [0, 0.1) is 0 Å². The number of aromatic nitrogens is 1. The first kappa shape index (κ1) is 26.7. The van der Waals surface area contributed by atoms with E-state index in [1.165, 1.54) is 0 Å². The molecule has 1 fully saturated rings. The van der Waals surface area contributed by atoms with Crippen molar-refractivity contribution in [2.75, 3.05) is 25.0 Å². The third kappa shape index (κ3) is 6.39. The van der Waals surface area contributed by atoms with Crippen molar-refractivity contribution in [2.24, 2.45) is 4.99 Å². The maximum Gasteiger partial charge on any atom is 0.422 e. The van der Waals surface area contributed by atoms with E-state index in [4.69, 9.17) is 0 Å². The maximum absolute atomic E-state index is 13.6. The number of benzene rings is 2. The van der Waals surface area contributed by atoms with Gasteiger partial charge in [-0.25, -0.2) is 4.99 Å². The van der Waals surface area contributed by atoms with E-state index < -0.39 is 36.2 Å². The number of fused-ring (bicyclic) bond motifs is 1. The molecule has 6 nitrogen and oxygen atoms in total. The fourth-order valence-electron chi connectivity index (χ4n) is 4.35. The van der Waals surface area contributed by atoms with Crippen LogP contribution in [0.2, 0.25) is 0 Å². The van der Waals surface area contributed by atoms with Gasteiger partial charge in [0.05, 0.1) is 34.8 Å². The van der Waals surface area contributed by atoms with Crippen molar-refractivity contribution >= 4 is 23.0 Å². The van der Waals surface area contributed by atoms with Crippen LogP contribution >= 0.6 is 0 Å². The van der Waals surface area contributed by atoms with E-state index in [9.17, 15) is 31.1 Å². The Labute approximate surface area is 219 Å². The first-order valence-electron chi connectivity index (χ1n) is 12.0. The quantitative estimate of drug-likeness (QED) is 0.363. The summed E-state index contributed by atoms with van der Waals surface area (Å²) in [5, 5.41) is 2.37. The van der Waals surface area contributed by atoms with Crippen molar-refractivity contribution in [3.8, 4) is 16.9 Å². The van der Waals surface area contributed by atoms with Gasteiger partial charge in [-0.3, -0.25) is 14.7 Å². The monoisotopic (exact) mass is 548 g/mol. The molecule has 0 aliphatic carbocycles. The molecule has 5 rings (SSSR count). The van der Waals surface area contributed by atoms with Gasteiger partial charge in [0.2, 0.25) is 5.91 Å². The lowest BCUT2D eigenvalue weighted by Crippen LogP contribution is -2.36. The van der Waals surface area contributed by atoms with Crippen molar-refractivity contribution in [3.05, 3.63) is 71.5 Å². The van der Waals surface area contributed by atoms with E-state index in [1.807, 2.05) is 18.2 Å². The van der Waals surface area contributed by atoms with Crippen molar-refractivity contribution in [1.82, 2.24) is 9.88 Å².